The zero-order valence-electron chi connectivity index (χ0n) is 12.1. The molecule has 1 N–H and O–H groups in total. The van der Waals surface area contributed by atoms with E-state index in [1.165, 1.54) is 0 Å². The molecule has 2 aromatic heterocycles. The van der Waals surface area contributed by atoms with Gasteiger partial charge in [-0.3, -0.25) is 14.2 Å². The highest BCUT2D eigenvalue weighted by Gasteiger charge is 2.33. The van der Waals surface area contributed by atoms with E-state index in [-0.39, 0.29) is 12.6 Å². The molecular formula is C13H16F3N5O. The van der Waals surface area contributed by atoms with Crippen molar-refractivity contribution in [3.05, 3.63) is 35.9 Å². The van der Waals surface area contributed by atoms with Crippen molar-refractivity contribution in [1.82, 2.24) is 24.9 Å². The molecule has 1 amide bonds. The second-order valence-electron chi connectivity index (χ2n) is 4.78. The molecule has 0 saturated heterocycles. The first-order chi connectivity index (χ1) is 10.3. The molecule has 22 heavy (non-hydrogen) atoms. The highest BCUT2D eigenvalue weighted by Crippen LogP contribution is 2.27. The number of rotatable bonds is 5. The van der Waals surface area contributed by atoms with Gasteiger partial charge in [-0.05, 0) is 26.0 Å². The van der Waals surface area contributed by atoms with Gasteiger partial charge in [0, 0.05) is 18.9 Å². The number of alkyl halides is 3. The average Bonchev–Trinajstić information content (AvgIpc) is 3.05. The molecule has 2 heterocycles. The van der Waals surface area contributed by atoms with Crippen molar-refractivity contribution in [2.45, 2.75) is 39.2 Å². The molecule has 6 nitrogen and oxygen atoms in total. The fourth-order valence-electron chi connectivity index (χ4n) is 1.89. The minimum atomic E-state index is -4.51. The number of nitrogens with zero attached hydrogens (tertiary/aromatic N) is 4. The summed E-state index contributed by atoms with van der Waals surface area (Å²) in [6.07, 6.45) is -1.60. The van der Waals surface area contributed by atoms with Crippen molar-refractivity contribution in [2.75, 3.05) is 0 Å². The van der Waals surface area contributed by atoms with Crippen LogP contribution in [0, 0.1) is 0 Å². The first-order valence-corrected chi connectivity index (χ1v) is 6.73. The Morgan fingerprint density at radius 1 is 1.27 bits per heavy atom. The zero-order chi connectivity index (χ0) is 16.3. The average molecular weight is 315 g/mol. The van der Waals surface area contributed by atoms with Crippen LogP contribution in [0.2, 0.25) is 0 Å². The lowest BCUT2D eigenvalue weighted by molar-refractivity contribution is -0.141. The van der Waals surface area contributed by atoms with Crippen molar-refractivity contribution < 1.29 is 18.0 Å². The number of hydrogen-bond donors (Lipinski definition) is 1. The molecule has 0 saturated carbocycles. The third kappa shape index (κ3) is 3.86. The summed E-state index contributed by atoms with van der Waals surface area (Å²) < 4.78 is 39.9. The minimum absolute atomic E-state index is 0.283. The van der Waals surface area contributed by atoms with Gasteiger partial charge in [0.15, 0.2) is 5.69 Å². The fourth-order valence-corrected chi connectivity index (χ4v) is 1.89. The lowest BCUT2D eigenvalue weighted by atomic mass is 10.2. The summed E-state index contributed by atoms with van der Waals surface area (Å²) in [6, 6.07) is 2.28. The van der Waals surface area contributed by atoms with Crippen LogP contribution in [0.4, 0.5) is 13.2 Å². The number of aromatic nitrogens is 4. The van der Waals surface area contributed by atoms with Crippen LogP contribution in [0.15, 0.2) is 24.5 Å². The van der Waals surface area contributed by atoms with Gasteiger partial charge < -0.3 is 5.32 Å². The van der Waals surface area contributed by atoms with Gasteiger partial charge in [-0.1, -0.05) is 0 Å². The second-order valence-corrected chi connectivity index (χ2v) is 4.78. The first kappa shape index (κ1) is 16.1. The maximum absolute atomic E-state index is 12.4. The molecular weight excluding hydrogens is 299 g/mol. The largest absolute Gasteiger partial charge is 0.435 e. The van der Waals surface area contributed by atoms with Crippen molar-refractivity contribution in [3.63, 3.8) is 0 Å². The summed E-state index contributed by atoms with van der Waals surface area (Å²) in [5, 5.41) is 10.3. The third-order valence-corrected chi connectivity index (χ3v) is 3.04. The number of nitrogens with one attached hydrogen (secondary N) is 1. The molecule has 0 aliphatic heterocycles. The Morgan fingerprint density at radius 3 is 2.50 bits per heavy atom. The standard InChI is InChI=1S/C13H16F3N5O/c1-3-20-6-4-10(18-20)9(2)17-12(22)8-21-7-5-11(19-21)13(14,15)16/h4-7,9H,3,8H2,1-2H3,(H,17,22). The van der Waals surface area contributed by atoms with E-state index in [0.717, 1.165) is 16.9 Å². The van der Waals surface area contributed by atoms with Crippen LogP contribution in [0.3, 0.4) is 0 Å². The lowest BCUT2D eigenvalue weighted by Gasteiger charge is -2.11. The number of carbonyl (C=O) groups excluding carboxylic acids is 1. The maximum atomic E-state index is 12.4. The Hall–Kier alpha value is -2.32. The number of halogens is 3. The van der Waals surface area contributed by atoms with Crippen LogP contribution in [0.5, 0.6) is 0 Å². The lowest BCUT2D eigenvalue weighted by Crippen LogP contribution is -2.30. The van der Waals surface area contributed by atoms with Crippen LogP contribution in [-0.4, -0.2) is 25.5 Å². The predicted octanol–water partition coefficient (Wildman–Crippen LogP) is 2.00. The number of amides is 1. The highest BCUT2D eigenvalue weighted by molar-refractivity contribution is 5.76. The van der Waals surface area contributed by atoms with Crippen molar-refractivity contribution in [3.8, 4) is 0 Å². The number of hydrogen-bond acceptors (Lipinski definition) is 3. The second kappa shape index (κ2) is 6.20. The van der Waals surface area contributed by atoms with Crippen LogP contribution in [-0.2, 0) is 24.1 Å². The molecule has 120 valence electrons. The van der Waals surface area contributed by atoms with Gasteiger partial charge in [-0.25, -0.2) is 0 Å². The van der Waals surface area contributed by atoms with Crippen LogP contribution >= 0.6 is 0 Å². The number of carbonyl (C=O) groups is 1. The van der Waals surface area contributed by atoms with Gasteiger partial charge in [0.25, 0.3) is 0 Å². The summed E-state index contributed by atoms with van der Waals surface area (Å²) >= 11 is 0. The highest BCUT2D eigenvalue weighted by atomic mass is 19.4. The summed E-state index contributed by atoms with van der Waals surface area (Å²) in [4.78, 5) is 11.8. The molecule has 0 bridgehead atoms. The Morgan fingerprint density at radius 2 is 1.95 bits per heavy atom. The molecule has 0 aliphatic carbocycles. The summed E-state index contributed by atoms with van der Waals surface area (Å²) in [7, 11) is 0. The molecule has 0 spiro atoms. The van der Waals surface area contributed by atoms with E-state index < -0.39 is 17.8 Å². The summed E-state index contributed by atoms with van der Waals surface area (Å²) in [5.74, 6) is -0.435. The normalized spacial score (nSPS) is 13.1. The topological polar surface area (TPSA) is 64.7 Å². The Balaban J connectivity index is 1.93. The molecule has 2 rings (SSSR count). The van der Waals surface area contributed by atoms with Gasteiger partial charge in [-0.2, -0.15) is 23.4 Å². The van der Waals surface area contributed by atoms with E-state index in [4.69, 9.17) is 0 Å². The van der Waals surface area contributed by atoms with Crippen LogP contribution in [0.25, 0.3) is 0 Å². The minimum Gasteiger partial charge on any atom is -0.346 e. The molecule has 1 atom stereocenters. The van der Waals surface area contributed by atoms with E-state index in [2.05, 4.69) is 15.5 Å². The summed E-state index contributed by atoms with van der Waals surface area (Å²) in [5.41, 5.74) is -0.332. The Kier molecular flexibility index (Phi) is 4.53. The molecule has 9 heteroatoms. The summed E-state index contributed by atoms with van der Waals surface area (Å²) in [6.45, 7) is 4.13. The van der Waals surface area contributed by atoms with E-state index in [0.29, 0.717) is 12.2 Å². The van der Waals surface area contributed by atoms with E-state index in [1.807, 2.05) is 6.92 Å². The third-order valence-electron chi connectivity index (χ3n) is 3.04. The SMILES string of the molecule is CCn1ccc(C(C)NC(=O)Cn2ccc(C(F)(F)F)n2)n1. The van der Waals surface area contributed by atoms with Crippen molar-refractivity contribution >= 4 is 5.91 Å². The monoisotopic (exact) mass is 315 g/mol. The van der Waals surface area contributed by atoms with E-state index in [1.54, 1.807) is 23.9 Å². The van der Waals surface area contributed by atoms with Crippen molar-refractivity contribution in [1.29, 1.82) is 0 Å². The maximum Gasteiger partial charge on any atom is 0.435 e. The van der Waals surface area contributed by atoms with Gasteiger partial charge in [-0.15, -0.1) is 0 Å². The van der Waals surface area contributed by atoms with E-state index >= 15 is 0 Å². The van der Waals surface area contributed by atoms with Crippen molar-refractivity contribution in [2.24, 2.45) is 0 Å². The van der Waals surface area contributed by atoms with Gasteiger partial charge >= 0.3 is 6.18 Å². The quantitative estimate of drug-likeness (QED) is 0.918. The molecule has 1 unspecified atom stereocenters. The van der Waals surface area contributed by atoms with Gasteiger partial charge in [0.1, 0.15) is 6.54 Å². The molecule has 0 radical (unpaired) electrons. The molecule has 0 fully saturated rings. The number of aryl methyl sites for hydroxylation is 1. The van der Waals surface area contributed by atoms with Crippen LogP contribution < -0.4 is 5.32 Å². The molecule has 2 aromatic rings. The predicted molar refractivity (Wildman–Crippen MR) is 71.7 cm³/mol. The molecule has 0 aliphatic rings. The molecule has 0 aromatic carbocycles. The Bertz CT molecular complexity index is 646. The van der Waals surface area contributed by atoms with Gasteiger partial charge in [0.05, 0.1) is 11.7 Å². The first-order valence-electron chi connectivity index (χ1n) is 6.73. The van der Waals surface area contributed by atoms with Gasteiger partial charge in [0.2, 0.25) is 5.91 Å². The van der Waals surface area contributed by atoms with E-state index in [9.17, 15) is 18.0 Å². The van der Waals surface area contributed by atoms with Crippen LogP contribution in [0.1, 0.15) is 31.3 Å². The zero-order valence-corrected chi connectivity index (χ0v) is 12.1. The smallest absolute Gasteiger partial charge is 0.346 e. The fraction of sp³-hybridized carbons (Fsp3) is 0.462. The Labute approximate surface area is 124 Å².